The van der Waals surface area contributed by atoms with Gasteiger partial charge in [0.15, 0.2) is 17.5 Å². The van der Waals surface area contributed by atoms with Crippen LogP contribution in [0.4, 0.5) is 85.6 Å². The number of thiophene rings is 1. The first-order valence-corrected chi connectivity index (χ1v) is 50.6. The predicted molar refractivity (Wildman–Crippen MR) is 498 cm³/mol. The van der Waals surface area contributed by atoms with Crippen molar-refractivity contribution in [2.24, 2.45) is 0 Å². The second kappa shape index (κ2) is 40.8. The van der Waals surface area contributed by atoms with Crippen LogP contribution in [0.5, 0.6) is 17.2 Å². The molecule has 0 saturated carbocycles. The summed E-state index contributed by atoms with van der Waals surface area (Å²) in [5.41, 5.74) is 8.65. The molecule has 0 bridgehead atoms. The Balaban J connectivity index is 0.000000157. The van der Waals surface area contributed by atoms with Gasteiger partial charge in [0.05, 0.1) is 90.9 Å². The van der Waals surface area contributed by atoms with Gasteiger partial charge in [0.25, 0.3) is 0 Å². The van der Waals surface area contributed by atoms with Crippen LogP contribution in [0.15, 0.2) is 146 Å². The molecule has 5 aromatic carbocycles. The fraction of sp³-hybridized carbons (Fsp3) is 0.412. The summed E-state index contributed by atoms with van der Waals surface area (Å²) >= 11 is 20.7. The zero-order valence-corrected chi connectivity index (χ0v) is 76.2. The summed E-state index contributed by atoms with van der Waals surface area (Å²) in [4.78, 5) is 53.3. The monoisotopic (exact) mass is 1780 g/mol. The number of ether oxygens (including phenoxy) is 3. The Morgan fingerprint density at radius 2 is 0.909 bits per heavy atom. The summed E-state index contributed by atoms with van der Waals surface area (Å²) in [5, 5.41) is 34.8. The van der Waals surface area contributed by atoms with E-state index >= 15 is 0 Å². The molecule has 5 aliphatic heterocycles. The van der Waals surface area contributed by atoms with Gasteiger partial charge in [-0.2, -0.15) is 20.1 Å². The van der Waals surface area contributed by atoms with Crippen molar-refractivity contribution >= 4 is 170 Å². The molecule has 0 unspecified atom stereocenters. The number of piperazine rings is 2. The number of para-hydroxylation sites is 2. The summed E-state index contributed by atoms with van der Waals surface area (Å²) in [6.07, 6.45) is 15.3. The molecule has 8 N–H and O–H groups in total. The van der Waals surface area contributed by atoms with E-state index in [1.165, 1.54) is 49.7 Å². The lowest BCUT2D eigenvalue weighted by Crippen LogP contribution is -2.56. The van der Waals surface area contributed by atoms with Gasteiger partial charge in [-0.15, -0.1) is 11.3 Å². The number of nitrogens with zero attached hydrogens (tertiary/aromatic N) is 14. The molecule has 2 amide bonds. The Labute approximate surface area is 728 Å². The molecular weight excluding hydrogens is 1670 g/mol. The Hall–Kier alpha value is -9.28. The van der Waals surface area contributed by atoms with Crippen LogP contribution in [0.25, 0.3) is 11.1 Å². The highest BCUT2D eigenvalue weighted by atomic mass is 35.5. The maximum atomic E-state index is 12.8. The number of aromatic nitrogens is 8. The minimum absolute atomic E-state index is 0.0420. The molecular formula is C85H110Cl3N22O7P3S. The minimum Gasteiger partial charge on any atom is -0.495 e. The van der Waals surface area contributed by atoms with Crippen LogP contribution in [0.1, 0.15) is 51.5 Å². The van der Waals surface area contributed by atoms with Gasteiger partial charge in [0.2, 0.25) is 17.8 Å². The Kier molecular flexibility index (Phi) is 30.2. The Bertz CT molecular complexity index is 5350. The smallest absolute Gasteiger partial charge is 0.317 e. The molecule has 5 aliphatic rings. The molecule has 5 fully saturated rings. The molecule has 36 heteroatoms. The van der Waals surface area contributed by atoms with Crippen LogP contribution in [0, 0.1) is 0 Å². The highest BCUT2D eigenvalue weighted by molar-refractivity contribution is 7.76. The van der Waals surface area contributed by atoms with E-state index in [-0.39, 0.29) is 6.03 Å². The topological polar surface area (TPSA) is 307 Å². The number of amides is 2. The first-order valence-electron chi connectivity index (χ1n) is 40.8. The van der Waals surface area contributed by atoms with Gasteiger partial charge in [-0.1, -0.05) is 65.1 Å². The number of hydrogen-bond donors (Lipinski definition) is 8. The summed E-state index contributed by atoms with van der Waals surface area (Å²) in [5.74, 6) is 4.39. The van der Waals surface area contributed by atoms with E-state index in [0.717, 1.165) is 165 Å². The van der Waals surface area contributed by atoms with Crippen molar-refractivity contribution in [2.75, 3.05) is 208 Å². The van der Waals surface area contributed by atoms with E-state index in [2.05, 4.69) is 138 Å². The Morgan fingerprint density at radius 3 is 1.35 bits per heavy atom. The molecule has 5 aromatic heterocycles. The number of rotatable bonds is 25. The summed E-state index contributed by atoms with van der Waals surface area (Å²) in [6.45, 7) is 27.1. The summed E-state index contributed by atoms with van der Waals surface area (Å²) in [7, 11) is -0.315. The number of likely N-dealkylation sites (N-methyl/N-ethyl adjacent to an activating group) is 1. The number of anilines is 14. The number of piperidine rings is 3. The average Bonchev–Trinajstić information content (AvgIpc) is 1.80. The van der Waals surface area contributed by atoms with E-state index in [1.807, 2.05) is 114 Å². The van der Waals surface area contributed by atoms with Crippen molar-refractivity contribution in [1.29, 1.82) is 0 Å². The van der Waals surface area contributed by atoms with Crippen LogP contribution in [-0.2, 0) is 13.7 Å². The van der Waals surface area contributed by atoms with Crippen LogP contribution in [0.2, 0.25) is 15.1 Å². The second-order valence-corrected chi connectivity index (χ2v) is 43.6. The summed E-state index contributed by atoms with van der Waals surface area (Å²) < 4.78 is 58.3. The fourth-order valence-corrected chi connectivity index (χ4v) is 20.8. The van der Waals surface area contributed by atoms with Crippen molar-refractivity contribution in [3.63, 3.8) is 0 Å². The number of carbonyl (C=O) groups is 1. The third-order valence-electron chi connectivity index (χ3n) is 22.2. The number of halogens is 3. The fourth-order valence-electron chi connectivity index (χ4n) is 15.6. The largest absolute Gasteiger partial charge is 0.495 e. The highest BCUT2D eigenvalue weighted by Gasteiger charge is 2.32. The van der Waals surface area contributed by atoms with Gasteiger partial charge in [0.1, 0.15) is 53.7 Å². The maximum absolute atomic E-state index is 12.8. The third-order valence-corrected chi connectivity index (χ3v) is 29.7. The molecule has 0 spiro atoms. The zero-order chi connectivity index (χ0) is 85.5. The zero-order valence-electron chi connectivity index (χ0n) is 70.4. The van der Waals surface area contributed by atoms with Crippen molar-refractivity contribution in [2.45, 2.75) is 63.6 Å². The molecule has 5 saturated heterocycles. The van der Waals surface area contributed by atoms with Gasteiger partial charge in [0, 0.05) is 143 Å². The normalized spacial score (nSPS) is 16.2. The van der Waals surface area contributed by atoms with Crippen LogP contribution < -0.4 is 81.8 Å². The second-order valence-electron chi connectivity index (χ2n) is 31.7. The molecule has 15 rings (SSSR count). The molecule has 10 aromatic rings. The van der Waals surface area contributed by atoms with Crippen molar-refractivity contribution in [3.05, 3.63) is 161 Å². The lowest BCUT2D eigenvalue weighted by Gasteiger charge is -2.43. The quantitative estimate of drug-likeness (QED) is 0.0247. The van der Waals surface area contributed by atoms with Crippen LogP contribution in [-0.4, -0.2) is 244 Å². The lowest BCUT2D eigenvalue weighted by molar-refractivity contribution is 0.0968. The van der Waals surface area contributed by atoms with Crippen molar-refractivity contribution in [3.8, 4) is 28.4 Å². The molecule has 0 atom stereocenters. The third kappa shape index (κ3) is 23.4. The van der Waals surface area contributed by atoms with Gasteiger partial charge in [-0.25, -0.2) is 19.7 Å². The first-order chi connectivity index (χ1) is 58.2. The number of nitrogens with one attached hydrogen (secondary N) is 8. The van der Waals surface area contributed by atoms with E-state index in [0.29, 0.717) is 104 Å². The van der Waals surface area contributed by atoms with Gasteiger partial charge < -0.3 is 90.0 Å². The molecule has 121 heavy (non-hydrogen) atoms. The summed E-state index contributed by atoms with van der Waals surface area (Å²) in [6, 6.07) is 36.7. The molecule has 0 aliphatic carbocycles. The van der Waals surface area contributed by atoms with E-state index in [1.54, 1.807) is 67.5 Å². The van der Waals surface area contributed by atoms with Crippen molar-refractivity contribution in [1.82, 2.24) is 69.9 Å². The highest BCUT2D eigenvalue weighted by Crippen LogP contribution is 2.45. The SMILES string of the molecule is CCNC(=O)N1CCN(C2CCN(c3ccc(Nc4ncc(Cl)c(Nc5ccccc5P(C)(C)=O)n4)c(OC)c3)CC2)CC1.COc1cc(-c2cnn(C3CCNCC3)c2)ccc1Nc1ncc(Cl)c(Nc2ccccc2P(C)(C)=O)n1.COc1cc(N2CCC(N3CCN(C)CC3)CC2)ccc1Nc1ncc(Cl)c(Nc2ccsc2P(C)(C)=O)n1. The van der Waals surface area contributed by atoms with E-state index < -0.39 is 21.4 Å². The number of carbonyl (C=O) groups excluding carboxylic acids is 1. The van der Waals surface area contributed by atoms with E-state index in [9.17, 15) is 18.5 Å². The number of methoxy groups -OCH3 is 3. The molecule has 29 nitrogen and oxygen atoms in total. The molecule has 644 valence electrons. The van der Waals surface area contributed by atoms with Gasteiger partial charge in [-0.3, -0.25) is 14.5 Å². The predicted octanol–water partition coefficient (Wildman–Crippen LogP) is 16.0. The van der Waals surface area contributed by atoms with Crippen molar-refractivity contribution < 1.29 is 32.7 Å². The van der Waals surface area contributed by atoms with Crippen LogP contribution >= 0.6 is 67.6 Å². The molecule has 0 radical (unpaired) electrons. The first kappa shape index (κ1) is 89.5. The minimum atomic E-state index is -2.52. The average molecular weight is 1780 g/mol. The standard InChI is InChI=1S/C31H42ClN8O3P.C27H37ClN7O2PS.C27H31ClN7O2P/c1-5-33-31(41)40-18-16-39(17-19-40)22-12-14-38(15-13-22)23-10-11-25(27(20-23)43-2)36-30-34-21-24(32)29(37-30)35-26-8-6-7-9-28(26)44(3,4)42;1-33-12-14-35(15-13-33)19-7-10-34(11-8-19)20-5-6-22(24(17-20)37-2)31-27-29-18-21(28)25(32-27)30-23-9-16-39-26(23)38(3,4)36;1-37-24-14-18(19-15-31-35(17-19)20-10-12-29-13-11-20)8-9-22(24)33-27-30-16-21(28)26(34-27)32-23-6-4-5-7-25(23)38(2,3)36/h6-11,20-22H,5,12-19H2,1-4H3,(H,33,41)(H2,34,35,36,37);5-6,9,16-19H,7-8,10-15H2,1-4H3,(H2,29,30,31,32);4-9,14-17,20,29H,10-13H2,1-3H3,(H2,30,32,33,34). The van der Waals surface area contributed by atoms with Gasteiger partial charge in [-0.05, 0) is 183 Å². The number of urea groups is 1. The van der Waals surface area contributed by atoms with E-state index in [4.69, 9.17) is 49.0 Å². The Morgan fingerprint density at radius 1 is 0.479 bits per heavy atom. The van der Waals surface area contributed by atoms with Crippen LogP contribution in [0.3, 0.4) is 0 Å². The van der Waals surface area contributed by atoms with Gasteiger partial charge >= 0.3 is 6.03 Å². The molecule has 10 heterocycles. The number of hydrogen-bond acceptors (Lipinski definition) is 27. The number of benzene rings is 5. The lowest BCUT2D eigenvalue weighted by atomic mass is 10.0. The maximum Gasteiger partial charge on any atom is 0.317 e.